The van der Waals surface area contributed by atoms with Crippen molar-refractivity contribution < 1.29 is 29.3 Å². The summed E-state index contributed by atoms with van der Waals surface area (Å²) in [7, 11) is 1.21. The zero-order valence-electron chi connectivity index (χ0n) is 15.8. The van der Waals surface area contributed by atoms with E-state index in [1.807, 2.05) is 0 Å². The van der Waals surface area contributed by atoms with E-state index in [0.29, 0.717) is 6.42 Å². The summed E-state index contributed by atoms with van der Waals surface area (Å²) in [6.45, 7) is 1.79. The summed E-state index contributed by atoms with van der Waals surface area (Å²) in [6, 6.07) is 7.41. The summed E-state index contributed by atoms with van der Waals surface area (Å²) in [5.41, 5.74) is -0.645. The maximum atomic E-state index is 12.5. The van der Waals surface area contributed by atoms with Crippen LogP contribution in [0, 0.1) is 0 Å². The number of hydrogen-bond acceptors (Lipinski definition) is 8. The molecule has 0 radical (unpaired) electrons. The molecule has 1 aromatic carbocycles. The Hall–Kier alpha value is -3.08. The van der Waals surface area contributed by atoms with E-state index in [1.54, 1.807) is 19.1 Å². The first kappa shape index (κ1) is 20.6. The summed E-state index contributed by atoms with van der Waals surface area (Å²) < 4.78 is 11.2. The molecule has 0 aliphatic carbocycles. The van der Waals surface area contributed by atoms with Gasteiger partial charge in [0.2, 0.25) is 0 Å². The average molecular weight is 403 g/mol. The second kappa shape index (κ2) is 8.52. The lowest BCUT2D eigenvalue weighted by molar-refractivity contribution is -0.0403. The number of aromatic nitrogens is 2. The second-order valence-corrected chi connectivity index (χ2v) is 6.45. The predicted octanol–water partition coefficient (Wildman–Crippen LogP) is 0.311. The third-order valence-corrected chi connectivity index (χ3v) is 4.66. The molecule has 1 amide bonds. The molecule has 1 aliphatic rings. The molecule has 1 aliphatic heterocycles. The summed E-state index contributed by atoms with van der Waals surface area (Å²) in [5, 5.41) is 22.5. The highest BCUT2D eigenvalue weighted by molar-refractivity contribution is 6.10. The Morgan fingerprint density at radius 1 is 1.21 bits per heavy atom. The first-order valence-electron chi connectivity index (χ1n) is 8.96. The fourth-order valence-corrected chi connectivity index (χ4v) is 3.13. The molecule has 1 saturated heterocycles. The molecule has 10 heteroatoms. The van der Waals surface area contributed by atoms with Gasteiger partial charge >= 0.3 is 11.7 Å². The van der Waals surface area contributed by atoms with Crippen molar-refractivity contribution in [3.63, 3.8) is 0 Å². The Balaban J connectivity index is 1.81. The highest BCUT2D eigenvalue weighted by Crippen LogP contribution is 2.29. The molecule has 0 spiro atoms. The number of aliphatic hydroxyl groups is 2. The Labute approximate surface area is 165 Å². The van der Waals surface area contributed by atoms with Gasteiger partial charge in [-0.2, -0.15) is 4.98 Å². The third kappa shape index (κ3) is 4.04. The first-order chi connectivity index (χ1) is 13.9. The molecule has 3 rings (SSSR count). The van der Waals surface area contributed by atoms with E-state index in [-0.39, 0.29) is 16.9 Å². The molecular formula is C19H21N3O7. The van der Waals surface area contributed by atoms with Gasteiger partial charge in [-0.25, -0.2) is 9.59 Å². The van der Waals surface area contributed by atoms with Gasteiger partial charge < -0.3 is 25.0 Å². The summed E-state index contributed by atoms with van der Waals surface area (Å²) in [5.74, 6) is -1.36. The van der Waals surface area contributed by atoms with Crippen LogP contribution in [0.3, 0.4) is 0 Å². The van der Waals surface area contributed by atoms with Gasteiger partial charge in [0.05, 0.1) is 24.3 Å². The number of aliphatic hydroxyl groups excluding tert-OH is 2. The van der Waals surface area contributed by atoms with E-state index in [2.05, 4.69) is 15.0 Å². The highest BCUT2D eigenvalue weighted by Gasteiger charge is 2.43. The predicted molar refractivity (Wildman–Crippen MR) is 100 cm³/mol. The summed E-state index contributed by atoms with van der Waals surface area (Å²) >= 11 is 0. The molecule has 0 saturated carbocycles. The lowest BCUT2D eigenvalue weighted by Gasteiger charge is -2.17. The minimum Gasteiger partial charge on any atom is -0.465 e. The number of amides is 1. The van der Waals surface area contributed by atoms with E-state index in [4.69, 9.17) is 4.74 Å². The minimum absolute atomic E-state index is 0.0454. The van der Waals surface area contributed by atoms with Gasteiger partial charge in [0.1, 0.15) is 18.0 Å². The highest BCUT2D eigenvalue weighted by atomic mass is 16.6. The second-order valence-electron chi connectivity index (χ2n) is 6.45. The molecule has 29 heavy (non-hydrogen) atoms. The Kier molecular flexibility index (Phi) is 6.06. The number of rotatable bonds is 5. The molecule has 10 nitrogen and oxygen atoms in total. The van der Waals surface area contributed by atoms with Gasteiger partial charge in [0.25, 0.3) is 5.91 Å². The maximum Gasteiger partial charge on any atom is 0.351 e. The zero-order valence-corrected chi connectivity index (χ0v) is 15.8. The van der Waals surface area contributed by atoms with Crippen molar-refractivity contribution in [3.05, 3.63) is 58.1 Å². The number of carbonyl (C=O) groups is 2. The Bertz CT molecular complexity index is 974. The van der Waals surface area contributed by atoms with E-state index in [9.17, 15) is 24.6 Å². The standard InChI is InChI=1S/C19H21N3O7/c1-3-12-14(23)15(24)17(29-12)22-9-8-13(21-19(22)27)20-16(25)10-6-4-5-7-11(10)18(26)28-2/h4-9,12,14-15,17,23-24H,3H2,1-2H3,(H,20,21,25,27). The molecular weight excluding hydrogens is 382 g/mol. The van der Waals surface area contributed by atoms with Crippen LogP contribution in [0.15, 0.2) is 41.3 Å². The normalized spacial score (nSPS) is 23.6. The molecule has 4 atom stereocenters. The third-order valence-electron chi connectivity index (χ3n) is 4.66. The van der Waals surface area contributed by atoms with Gasteiger partial charge in [-0.05, 0) is 24.6 Å². The van der Waals surface area contributed by atoms with Gasteiger partial charge in [0.15, 0.2) is 6.23 Å². The molecule has 1 aromatic heterocycles. The molecule has 154 valence electrons. The largest absolute Gasteiger partial charge is 0.465 e. The van der Waals surface area contributed by atoms with Crippen LogP contribution in [0.2, 0.25) is 0 Å². The topological polar surface area (TPSA) is 140 Å². The van der Waals surface area contributed by atoms with Crippen molar-refractivity contribution in [2.45, 2.75) is 37.9 Å². The van der Waals surface area contributed by atoms with E-state index >= 15 is 0 Å². The number of esters is 1. The van der Waals surface area contributed by atoms with Crippen LogP contribution < -0.4 is 11.0 Å². The number of nitrogens with zero attached hydrogens (tertiary/aromatic N) is 2. The SMILES string of the molecule is CCC1OC(n2ccc(NC(=O)c3ccccc3C(=O)OC)nc2=O)C(O)C1O. The number of carbonyl (C=O) groups excluding carboxylic acids is 2. The van der Waals surface area contributed by atoms with Crippen LogP contribution in [0.1, 0.15) is 40.3 Å². The maximum absolute atomic E-state index is 12.5. The quantitative estimate of drug-likeness (QED) is 0.606. The van der Waals surface area contributed by atoms with Crippen molar-refractivity contribution in [1.29, 1.82) is 0 Å². The van der Waals surface area contributed by atoms with Crippen LogP contribution in [0.4, 0.5) is 5.82 Å². The van der Waals surface area contributed by atoms with Crippen LogP contribution in [0.5, 0.6) is 0 Å². The average Bonchev–Trinajstić information content (AvgIpc) is 3.01. The van der Waals surface area contributed by atoms with E-state index in [1.165, 1.54) is 31.5 Å². The van der Waals surface area contributed by atoms with Crippen molar-refractivity contribution in [2.24, 2.45) is 0 Å². The van der Waals surface area contributed by atoms with E-state index < -0.39 is 42.1 Å². The molecule has 2 aromatic rings. The number of methoxy groups -OCH3 is 1. The lowest BCUT2D eigenvalue weighted by Crippen LogP contribution is -2.35. The van der Waals surface area contributed by atoms with Gasteiger partial charge in [-0.1, -0.05) is 19.1 Å². The first-order valence-corrected chi connectivity index (χ1v) is 8.96. The Morgan fingerprint density at radius 3 is 2.48 bits per heavy atom. The smallest absolute Gasteiger partial charge is 0.351 e. The van der Waals surface area contributed by atoms with E-state index in [0.717, 1.165) is 4.57 Å². The van der Waals surface area contributed by atoms with Gasteiger partial charge in [-0.3, -0.25) is 9.36 Å². The van der Waals surface area contributed by atoms with Crippen molar-refractivity contribution >= 4 is 17.7 Å². The fourth-order valence-electron chi connectivity index (χ4n) is 3.13. The fraction of sp³-hybridized carbons (Fsp3) is 0.368. The van der Waals surface area contributed by atoms with Crippen LogP contribution in [-0.2, 0) is 9.47 Å². The van der Waals surface area contributed by atoms with Crippen molar-refractivity contribution in [1.82, 2.24) is 9.55 Å². The van der Waals surface area contributed by atoms with Gasteiger partial charge in [0, 0.05) is 6.20 Å². The molecule has 2 heterocycles. The van der Waals surface area contributed by atoms with Crippen LogP contribution >= 0.6 is 0 Å². The zero-order chi connectivity index (χ0) is 21.1. The molecule has 4 unspecified atom stereocenters. The molecule has 3 N–H and O–H groups in total. The number of ether oxygens (including phenoxy) is 2. The minimum atomic E-state index is -1.29. The molecule has 0 bridgehead atoms. The van der Waals surface area contributed by atoms with Gasteiger partial charge in [-0.15, -0.1) is 0 Å². The van der Waals surface area contributed by atoms with Crippen molar-refractivity contribution in [3.8, 4) is 0 Å². The number of nitrogens with one attached hydrogen (secondary N) is 1. The van der Waals surface area contributed by atoms with Crippen LogP contribution in [-0.4, -0.2) is 57.1 Å². The Morgan fingerprint density at radius 2 is 1.90 bits per heavy atom. The number of benzene rings is 1. The van der Waals surface area contributed by atoms with Crippen molar-refractivity contribution in [2.75, 3.05) is 12.4 Å². The monoisotopic (exact) mass is 403 g/mol. The summed E-state index contributed by atoms with van der Waals surface area (Å²) in [6.07, 6.45) is -2.32. The summed E-state index contributed by atoms with van der Waals surface area (Å²) in [4.78, 5) is 40.5. The lowest BCUT2D eigenvalue weighted by atomic mass is 10.1. The number of hydrogen-bond donors (Lipinski definition) is 3. The molecule has 1 fully saturated rings. The van der Waals surface area contributed by atoms with Crippen LogP contribution in [0.25, 0.3) is 0 Å². The number of anilines is 1.